The minimum atomic E-state index is -4.05. The predicted molar refractivity (Wildman–Crippen MR) is 101 cm³/mol. The van der Waals surface area contributed by atoms with E-state index in [1.54, 1.807) is 4.67 Å². The Hall–Kier alpha value is -1.13. The number of rotatable bonds is 7. The van der Waals surface area contributed by atoms with E-state index in [0.29, 0.717) is 0 Å². The van der Waals surface area contributed by atoms with Crippen LogP contribution in [0.5, 0.6) is 0 Å². The SMILES string of the molecule is COP(=O)(N(C(C)C)C(C)C)[N+]1([C@H]2C[C@H](O)[C@@H](CO)O2)C=C(C)C(=O)NC1=O. The Morgan fingerprint density at radius 3 is 2.36 bits per heavy atom. The van der Waals surface area contributed by atoms with Gasteiger partial charge in [-0.15, -0.1) is 4.25 Å². The summed E-state index contributed by atoms with van der Waals surface area (Å²) >= 11 is 0. The summed E-state index contributed by atoms with van der Waals surface area (Å²) in [6.45, 7) is 8.34. The molecular formula is C17H31N3O7P+. The van der Waals surface area contributed by atoms with Crippen molar-refractivity contribution in [2.45, 2.75) is 71.6 Å². The maximum atomic E-state index is 14.4. The number of nitrogens with one attached hydrogen (secondary N) is 1. The summed E-state index contributed by atoms with van der Waals surface area (Å²) in [7, 11) is -2.80. The molecule has 0 aromatic heterocycles. The van der Waals surface area contributed by atoms with E-state index >= 15 is 0 Å². The summed E-state index contributed by atoms with van der Waals surface area (Å²) in [6, 6.07) is -1.39. The van der Waals surface area contributed by atoms with Gasteiger partial charge >= 0.3 is 13.7 Å². The van der Waals surface area contributed by atoms with Gasteiger partial charge in [0.1, 0.15) is 12.3 Å². The summed E-state index contributed by atoms with van der Waals surface area (Å²) in [5.41, 5.74) is 0.176. The third kappa shape index (κ3) is 3.47. The van der Waals surface area contributed by atoms with Crippen molar-refractivity contribution in [2.75, 3.05) is 13.7 Å². The van der Waals surface area contributed by atoms with E-state index in [2.05, 4.69) is 5.32 Å². The van der Waals surface area contributed by atoms with Crippen LogP contribution in [0.15, 0.2) is 11.8 Å². The lowest BCUT2D eigenvalue weighted by atomic mass is 10.2. The molecule has 10 nitrogen and oxygen atoms in total. The zero-order valence-corrected chi connectivity index (χ0v) is 18.1. The molecule has 2 aliphatic rings. The smallest absolute Gasteiger partial charge is 0.394 e. The monoisotopic (exact) mass is 420 g/mol. The van der Waals surface area contributed by atoms with Crippen LogP contribution < -0.4 is 5.32 Å². The number of hydrogen-bond acceptors (Lipinski definition) is 7. The van der Waals surface area contributed by atoms with Crippen molar-refractivity contribution in [3.8, 4) is 0 Å². The number of hydrogen-bond donors (Lipinski definition) is 3. The van der Waals surface area contributed by atoms with Crippen LogP contribution >= 0.6 is 7.67 Å². The van der Waals surface area contributed by atoms with Crippen molar-refractivity contribution in [3.63, 3.8) is 0 Å². The van der Waals surface area contributed by atoms with E-state index in [1.165, 1.54) is 20.2 Å². The molecule has 1 saturated heterocycles. The third-order valence-electron chi connectivity index (χ3n) is 5.12. The molecule has 0 aromatic carbocycles. The first-order chi connectivity index (χ1) is 13.0. The van der Waals surface area contributed by atoms with Gasteiger partial charge in [0.25, 0.3) is 5.91 Å². The first-order valence-corrected chi connectivity index (χ1v) is 10.8. The molecule has 0 aliphatic carbocycles. The lowest BCUT2D eigenvalue weighted by molar-refractivity contribution is -0.746. The first kappa shape index (κ1) is 23.2. The summed E-state index contributed by atoms with van der Waals surface area (Å²) in [6.07, 6.45) is -1.87. The third-order valence-corrected chi connectivity index (χ3v) is 8.50. The average molecular weight is 420 g/mol. The molecule has 5 atom stereocenters. The molecule has 3 N–H and O–H groups in total. The summed E-state index contributed by atoms with van der Waals surface area (Å²) in [4.78, 5) is 25.3. The fourth-order valence-corrected chi connectivity index (χ4v) is 7.01. The molecule has 0 radical (unpaired) electrons. The summed E-state index contributed by atoms with van der Waals surface area (Å²) in [5.74, 6) is -0.598. The molecule has 0 aromatic rings. The van der Waals surface area contributed by atoms with E-state index in [-0.39, 0.29) is 24.1 Å². The Bertz CT molecular complexity index is 703. The molecule has 11 heteroatoms. The van der Waals surface area contributed by atoms with E-state index in [0.717, 1.165) is 0 Å². The van der Waals surface area contributed by atoms with Crippen LogP contribution in [0.25, 0.3) is 0 Å². The number of amides is 3. The average Bonchev–Trinajstić information content (AvgIpc) is 2.98. The molecule has 2 rings (SSSR count). The van der Waals surface area contributed by atoms with Gasteiger partial charge in [-0.05, 0) is 34.6 Å². The molecule has 0 saturated carbocycles. The van der Waals surface area contributed by atoms with Crippen molar-refractivity contribution in [1.29, 1.82) is 0 Å². The molecule has 2 heterocycles. The zero-order valence-electron chi connectivity index (χ0n) is 17.2. The van der Waals surface area contributed by atoms with Gasteiger partial charge in [0.05, 0.1) is 24.7 Å². The first-order valence-electron chi connectivity index (χ1n) is 9.29. The highest BCUT2D eigenvalue weighted by atomic mass is 31.2. The van der Waals surface area contributed by atoms with E-state index in [9.17, 15) is 24.4 Å². The fraction of sp³-hybridized carbons (Fsp3) is 0.765. The van der Waals surface area contributed by atoms with Gasteiger partial charge in [-0.3, -0.25) is 9.32 Å². The summed E-state index contributed by atoms with van der Waals surface area (Å²) in [5, 5.41) is 22.0. The standard InChI is InChI=1S/C17H30N3O7P/c1-10(2)19(11(3)4)28(25,26-6)20(8-12(5)16(23)18-17(20)24)15-7-13(22)14(9-21)27-15/h8,10-11,13-15,21-22H,7,9H2,1-6H3/p+1/t13-,14+,15+,20?,28?/m0/s1. The van der Waals surface area contributed by atoms with Gasteiger partial charge in [-0.2, -0.15) is 4.67 Å². The Labute approximate surface area is 165 Å². The van der Waals surface area contributed by atoms with Crippen LogP contribution in [0.2, 0.25) is 0 Å². The number of carbonyl (C=O) groups excluding carboxylic acids is 2. The molecule has 0 spiro atoms. The lowest BCUT2D eigenvalue weighted by Gasteiger charge is -2.47. The second-order valence-corrected chi connectivity index (χ2v) is 10.1. The highest BCUT2D eigenvalue weighted by molar-refractivity contribution is 7.51. The molecule has 160 valence electrons. The van der Waals surface area contributed by atoms with Crippen LogP contribution in [-0.2, 0) is 18.6 Å². The topological polar surface area (TPSA) is 125 Å². The van der Waals surface area contributed by atoms with Crippen LogP contribution in [0.4, 0.5) is 4.79 Å². The van der Waals surface area contributed by atoms with Crippen molar-refractivity contribution >= 4 is 19.6 Å². The molecular weight excluding hydrogens is 389 g/mol. The maximum Gasteiger partial charge on any atom is 0.479 e. The normalized spacial score (nSPS) is 33.4. The van der Waals surface area contributed by atoms with Crippen LogP contribution in [0, 0.1) is 0 Å². The molecule has 1 fully saturated rings. The zero-order chi connectivity index (χ0) is 21.4. The predicted octanol–water partition coefficient (Wildman–Crippen LogP) is 1.30. The summed E-state index contributed by atoms with van der Waals surface area (Å²) < 4.78 is 26.4. The largest absolute Gasteiger partial charge is 0.479 e. The van der Waals surface area contributed by atoms with Gasteiger partial charge in [0.15, 0.2) is 0 Å². The van der Waals surface area contributed by atoms with E-state index in [1.807, 2.05) is 27.7 Å². The number of carbonyl (C=O) groups is 2. The number of ether oxygens (including phenoxy) is 1. The molecule has 2 aliphatic heterocycles. The second kappa shape index (κ2) is 8.31. The molecule has 0 bridgehead atoms. The number of imide groups is 1. The maximum absolute atomic E-state index is 14.4. The molecule has 2 unspecified atom stereocenters. The van der Waals surface area contributed by atoms with Crippen molar-refractivity contribution in [1.82, 2.24) is 9.99 Å². The Balaban J connectivity index is 2.76. The van der Waals surface area contributed by atoms with Crippen molar-refractivity contribution < 1.29 is 37.9 Å². The van der Waals surface area contributed by atoms with Gasteiger partial charge in [0.2, 0.25) is 6.23 Å². The van der Waals surface area contributed by atoms with Crippen LogP contribution in [0.3, 0.4) is 0 Å². The highest BCUT2D eigenvalue weighted by Gasteiger charge is 2.67. The number of nitrogens with zero attached hydrogens (tertiary/aromatic N) is 2. The lowest BCUT2D eigenvalue weighted by Crippen LogP contribution is -2.64. The quantitative estimate of drug-likeness (QED) is 0.526. The number of quaternary nitrogens is 1. The van der Waals surface area contributed by atoms with Crippen molar-refractivity contribution in [2.24, 2.45) is 0 Å². The minimum absolute atomic E-state index is 0.0615. The Kier molecular flexibility index (Phi) is 6.87. The van der Waals surface area contributed by atoms with Gasteiger partial charge < -0.3 is 14.9 Å². The fourth-order valence-electron chi connectivity index (χ4n) is 3.97. The molecule has 28 heavy (non-hydrogen) atoms. The second-order valence-electron chi connectivity index (χ2n) is 7.67. The minimum Gasteiger partial charge on any atom is -0.394 e. The number of urea groups is 1. The Morgan fingerprint density at radius 2 is 1.93 bits per heavy atom. The van der Waals surface area contributed by atoms with Crippen molar-refractivity contribution in [3.05, 3.63) is 11.8 Å². The molecule has 3 amide bonds. The van der Waals surface area contributed by atoms with Crippen LogP contribution in [-0.4, -0.2) is 75.3 Å². The van der Waals surface area contributed by atoms with Gasteiger partial charge in [-0.1, -0.05) is 0 Å². The highest BCUT2D eigenvalue weighted by Crippen LogP contribution is 2.65. The number of aliphatic hydroxyl groups is 2. The van der Waals surface area contributed by atoms with Gasteiger partial charge in [-0.25, -0.2) is 14.7 Å². The Morgan fingerprint density at radius 1 is 1.36 bits per heavy atom. The van der Waals surface area contributed by atoms with E-state index < -0.39 is 48.9 Å². The van der Waals surface area contributed by atoms with E-state index in [4.69, 9.17) is 9.26 Å². The number of aliphatic hydroxyl groups excluding tert-OH is 2. The van der Waals surface area contributed by atoms with Gasteiger partial charge in [0, 0.05) is 19.2 Å². The van der Waals surface area contributed by atoms with Crippen LogP contribution in [0.1, 0.15) is 41.0 Å².